The van der Waals surface area contributed by atoms with Crippen LogP contribution >= 0.6 is 0 Å². The van der Waals surface area contributed by atoms with Crippen LogP contribution < -0.4 is 0 Å². The van der Waals surface area contributed by atoms with Gasteiger partial charge < -0.3 is 14.2 Å². The number of allylic oxidation sites excluding steroid dienone is 10. The predicted molar refractivity (Wildman–Crippen MR) is 335 cm³/mol. The van der Waals surface area contributed by atoms with Gasteiger partial charge in [0.1, 0.15) is 13.2 Å². The fourth-order valence-electron chi connectivity index (χ4n) is 9.84. The van der Waals surface area contributed by atoms with Gasteiger partial charge in [-0.05, 0) is 103 Å². The molecular formula is C71H128O6. The molecular weight excluding hydrogens is 949 g/mol. The molecule has 1 unspecified atom stereocenters. The van der Waals surface area contributed by atoms with Crippen LogP contribution in [0.2, 0.25) is 0 Å². The molecule has 0 rings (SSSR count). The van der Waals surface area contributed by atoms with Crippen LogP contribution in [-0.4, -0.2) is 37.2 Å². The van der Waals surface area contributed by atoms with Crippen molar-refractivity contribution in [2.75, 3.05) is 13.2 Å². The maximum Gasteiger partial charge on any atom is 0.306 e. The SMILES string of the molecule is CCCC/C=C\CCCCCCCC(=O)OCC(COC(=O)CCCCCCCCCCCCCCCCC/C=C\CCCCCCCCCC)OC(=O)CCCCCCCC/C=C\C/C=C\C/C=C\CCCCCCC. The van der Waals surface area contributed by atoms with E-state index in [2.05, 4.69) is 81.5 Å². The van der Waals surface area contributed by atoms with Gasteiger partial charge in [-0.3, -0.25) is 14.4 Å². The van der Waals surface area contributed by atoms with E-state index in [0.717, 1.165) is 89.9 Å². The number of hydrogen-bond acceptors (Lipinski definition) is 6. The Morgan fingerprint density at radius 1 is 0.260 bits per heavy atom. The van der Waals surface area contributed by atoms with Crippen molar-refractivity contribution in [1.29, 1.82) is 0 Å². The van der Waals surface area contributed by atoms with Gasteiger partial charge in [0.15, 0.2) is 6.10 Å². The lowest BCUT2D eigenvalue weighted by Gasteiger charge is -2.18. The summed E-state index contributed by atoms with van der Waals surface area (Å²) >= 11 is 0. The van der Waals surface area contributed by atoms with Gasteiger partial charge >= 0.3 is 17.9 Å². The van der Waals surface area contributed by atoms with Crippen LogP contribution in [0.25, 0.3) is 0 Å². The Morgan fingerprint density at radius 3 is 0.779 bits per heavy atom. The van der Waals surface area contributed by atoms with Crippen molar-refractivity contribution in [3.8, 4) is 0 Å². The molecule has 0 saturated carbocycles. The molecule has 0 aliphatic carbocycles. The van der Waals surface area contributed by atoms with Crippen molar-refractivity contribution in [3.05, 3.63) is 60.8 Å². The van der Waals surface area contributed by atoms with Crippen molar-refractivity contribution in [3.63, 3.8) is 0 Å². The fraction of sp³-hybridized carbons (Fsp3) is 0.817. The van der Waals surface area contributed by atoms with Crippen LogP contribution in [0.3, 0.4) is 0 Å². The highest BCUT2D eigenvalue weighted by Gasteiger charge is 2.19. The first-order chi connectivity index (χ1) is 38.0. The largest absolute Gasteiger partial charge is 0.462 e. The highest BCUT2D eigenvalue weighted by molar-refractivity contribution is 5.71. The molecule has 0 radical (unpaired) electrons. The van der Waals surface area contributed by atoms with Crippen LogP contribution in [-0.2, 0) is 28.6 Å². The summed E-state index contributed by atoms with van der Waals surface area (Å²) in [5, 5.41) is 0. The maximum atomic E-state index is 12.9. The minimum absolute atomic E-state index is 0.0799. The first kappa shape index (κ1) is 74.1. The first-order valence-electron chi connectivity index (χ1n) is 33.8. The molecule has 0 aliphatic heterocycles. The van der Waals surface area contributed by atoms with Crippen molar-refractivity contribution in [2.24, 2.45) is 0 Å². The van der Waals surface area contributed by atoms with Gasteiger partial charge in [0, 0.05) is 19.3 Å². The Bertz CT molecular complexity index is 1380. The molecule has 0 aliphatic rings. The van der Waals surface area contributed by atoms with Gasteiger partial charge in [0.25, 0.3) is 0 Å². The maximum absolute atomic E-state index is 12.9. The molecule has 6 nitrogen and oxygen atoms in total. The Balaban J connectivity index is 4.23. The number of carbonyl (C=O) groups is 3. The van der Waals surface area contributed by atoms with Gasteiger partial charge in [-0.15, -0.1) is 0 Å². The number of unbranched alkanes of at least 4 members (excludes halogenated alkanes) is 41. The predicted octanol–water partition coefficient (Wildman–Crippen LogP) is 23.1. The lowest BCUT2D eigenvalue weighted by Crippen LogP contribution is -2.30. The smallest absolute Gasteiger partial charge is 0.306 e. The molecule has 0 amide bonds. The van der Waals surface area contributed by atoms with Gasteiger partial charge in [-0.1, -0.05) is 293 Å². The Morgan fingerprint density at radius 2 is 0.481 bits per heavy atom. The van der Waals surface area contributed by atoms with Crippen molar-refractivity contribution in [1.82, 2.24) is 0 Å². The summed E-state index contributed by atoms with van der Waals surface area (Å²) in [6.45, 7) is 6.62. The van der Waals surface area contributed by atoms with Crippen molar-refractivity contribution in [2.45, 2.75) is 361 Å². The van der Waals surface area contributed by atoms with Gasteiger partial charge in [-0.25, -0.2) is 0 Å². The highest BCUT2D eigenvalue weighted by atomic mass is 16.6. The summed E-state index contributed by atoms with van der Waals surface area (Å²) < 4.78 is 16.9. The Labute approximate surface area is 479 Å². The highest BCUT2D eigenvalue weighted by Crippen LogP contribution is 2.17. The Kier molecular flexibility index (Phi) is 63.2. The lowest BCUT2D eigenvalue weighted by atomic mass is 10.0. The molecule has 1 atom stereocenters. The molecule has 0 bridgehead atoms. The van der Waals surface area contributed by atoms with Crippen LogP contribution in [0, 0.1) is 0 Å². The van der Waals surface area contributed by atoms with Crippen LogP contribution in [0.15, 0.2) is 60.8 Å². The second-order valence-corrected chi connectivity index (χ2v) is 22.7. The third-order valence-electron chi connectivity index (χ3n) is 15.0. The van der Waals surface area contributed by atoms with E-state index in [1.807, 2.05) is 0 Å². The van der Waals surface area contributed by atoms with Crippen LogP contribution in [0.4, 0.5) is 0 Å². The minimum Gasteiger partial charge on any atom is -0.462 e. The zero-order valence-electron chi connectivity index (χ0n) is 51.5. The topological polar surface area (TPSA) is 78.9 Å². The van der Waals surface area contributed by atoms with E-state index in [-0.39, 0.29) is 31.1 Å². The molecule has 0 spiro atoms. The monoisotopic (exact) mass is 1080 g/mol. The molecule has 0 aromatic rings. The van der Waals surface area contributed by atoms with E-state index in [4.69, 9.17) is 14.2 Å². The van der Waals surface area contributed by atoms with Crippen molar-refractivity contribution >= 4 is 17.9 Å². The number of esters is 3. The minimum atomic E-state index is -0.785. The third kappa shape index (κ3) is 63.8. The molecule has 77 heavy (non-hydrogen) atoms. The second kappa shape index (κ2) is 65.6. The van der Waals surface area contributed by atoms with E-state index in [1.165, 1.54) is 225 Å². The normalized spacial score (nSPS) is 12.4. The van der Waals surface area contributed by atoms with Gasteiger partial charge in [-0.2, -0.15) is 0 Å². The summed E-state index contributed by atoms with van der Waals surface area (Å²) in [7, 11) is 0. The molecule has 0 saturated heterocycles. The summed E-state index contributed by atoms with van der Waals surface area (Å²) in [4.78, 5) is 38.3. The lowest BCUT2D eigenvalue weighted by molar-refractivity contribution is -0.167. The standard InChI is InChI=1S/C71H128O6/c1-4-7-10-13-16-19-22-24-26-28-30-32-33-34-35-36-37-39-40-42-44-46-49-52-55-58-61-64-70(73)76-67-68(66-75-69(72)63-60-57-54-51-48-21-18-15-12-9-6-3)77-71(74)65-62-59-56-53-50-47-45-43-41-38-31-29-27-25-23-20-17-14-11-8-5-2/h15,18,23,25,28-31,41,43,68H,4-14,16-17,19-22,24,26-27,32-40,42,44-67H2,1-3H3/b18-15-,25-23-,30-28-,31-29-,43-41-. The molecule has 0 N–H and O–H groups in total. The quantitative estimate of drug-likeness (QED) is 0.0261. The summed E-state index contributed by atoms with van der Waals surface area (Å²) in [5.41, 5.74) is 0. The molecule has 6 heteroatoms. The number of hydrogen-bond donors (Lipinski definition) is 0. The molecule has 0 aromatic heterocycles. The summed E-state index contributed by atoms with van der Waals surface area (Å²) in [6.07, 6.45) is 83.9. The van der Waals surface area contributed by atoms with E-state index in [9.17, 15) is 14.4 Å². The summed E-state index contributed by atoms with van der Waals surface area (Å²) in [6, 6.07) is 0. The molecule has 448 valence electrons. The van der Waals surface area contributed by atoms with Gasteiger partial charge in [0.2, 0.25) is 0 Å². The van der Waals surface area contributed by atoms with E-state index in [0.29, 0.717) is 19.3 Å². The second-order valence-electron chi connectivity index (χ2n) is 22.7. The van der Waals surface area contributed by atoms with Crippen LogP contribution in [0.5, 0.6) is 0 Å². The third-order valence-corrected chi connectivity index (χ3v) is 15.0. The number of ether oxygens (including phenoxy) is 3. The Hall–Kier alpha value is -2.89. The zero-order valence-corrected chi connectivity index (χ0v) is 51.5. The molecule has 0 aromatic carbocycles. The molecule has 0 heterocycles. The summed E-state index contributed by atoms with van der Waals surface area (Å²) in [5.74, 6) is -0.886. The van der Waals surface area contributed by atoms with Crippen molar-refractivity contribution < 1.29 is 28.6 Å². The average molecular weight is 1080 g/mol. The number of carbonyl (C=O) groups excluding carboxylic acids is 3. The average Bonchev–Trinajstić information content (AvgIpc) is 3.43. The van der Waals surface area contributed by atoms with Gasteiger partial charge in [0.05, 0.1) is 0 Å². The van der Waals surface area contributed by atoms with Crippen LogP contribution in [0.1, 0.15) is 355 Å². The first-order valence-corrected chi connectivity index (χ1v) is 33.8. The zero-order chi connectivity index (χ0) is 55.7. The van der Waals surface area contributed by atoms with E-state index < -0.39 is 6.10 Å². The fourth-order valence-corrected chi connectivity index (χ4v) is 9.84. The molecule has 0 fully saturated rings. The van der Waals surface area contributed by atoms with E-state index in [1.54, 1.807) is 0 Å². The van der Waals surface area contributed by atoms with E-state index >= 15 is 0 Å². The number of rotatable bonds is 62.